The number of carboxylic acids is 1. The smallest absolute Gasteiger partial charge is 0.326 e. The van der Waals surface area contributed by atoms with Gasteiger partial charge in [0.25, 0.3) is 5.91 Å². The summed E-state index contributed by atoms with van der Waals surface area (Å²) in [5, 5.41) is 8.93. The van der Waals surface area contributed by atoms with Crippen LogP contribution in [-0.4, -0.2) is 33.8 Å². The quantitative estimate of drug-likeness (QED) is 0.797. The van der Waals surface area contributed by atoms with E-state index >= 15 is 0 Å². The summed E-state index contributed by atoms with van der Waals surface area (Å²) in [6.45, 7) is 0. The number of aliphatic carboxylic acids is 1. The number of hydrogen-bond acceptors (Lipinski definition) is 3. The topological polar surface area (TPSA) is 74.7 Å². The number of rotatable bonds is 2. The van der Waals surface area contributed by atoms with Crippen molar-refractivity contribution in [3.05, 3.63) is 35.6 Å². The molecule has 1 N–H and O–H groups in total. The van der Waals surface area contributed by atoms with E-state index in [0.29, 0.717) is 4.90 Å². The van der Waals surface area contributed by atoms with Gasteiger partial charge in [0.1, 0.15) is 11.9 Å². The lowest BCUT2D eigenvalue weighted by Crippen LogP contribution is -2.43. The first-order chi connectivity index (χ1) is 8.52. The third-order valence-electron chi connectivity index (χ3n) is 2.82. The van der Waals surface area contributed by atoms with E-state index < -0.39 is 29.6 Å². The molecule has 0 spiro atoms. The molecule has 1 unspecified atom stereocenters. The van der Waals surface area contributed by atoms with Crippen LogP contribution in [0, 0.1) is 5.82 Å². The van der Waals surface area contributed by atoms with Gasteiger partial charge in [-0.05, 0) is 18.6 Å². The Morgan fingerprint density at radius 1 is 1.33 bits per heavy atom. The molecule has 5 nitrogen and oxygen atoms in total. The zero-order valence-corrected chi connectivity index (χ0v) is 9.30. The van der Waals surface area contributed by atoms with Gasteiger partial charge in [-0.1, -0.05) is 12.1 Å². The minimum atomic E-state index is -1.26. The SMILES string of the molecule is O=C(O)C1CCC(=O)N1C(=O)c1ccccc1F. The summed E-state index contributed by atoms with van der Waals surface area (Å²) in [6.07, 6.45) is 0.0471. The number of nitrogens with zero attached hydrogens (tertiary/aromatic N) is 1. The van der Waals surface area contributed by atoms with Crippen LogP contribution in [-0.2, 0) is 9.59 Å². The molecule has 1 heterocycles. The maximum absolute atomic E-state index is 13.4. The van der Waals surface area contributed by atoms with E-state index in [2.05, 4.69) is 0 Å². The van der Waals surface area contributed by atoms with Crippen LogP contribution in [0.1, 0.15) is 23.2 Å². The lowest BCUT2D eigenvalue weighted by Gasteiger charge is -2.19. The van der Waals surface area contributed by atoms with Gasteiger partial charge in [-0.2, -0.15) is 0 Å². The Hall–Kier alpha value is -2.24. The number of carboxylic acid groups (broad SMARTS) is 1. The molecule has 18 heavy (non-hydrogen) atoms. The molecular weight excluding hydrogens is 241 g/mol. The average molecular weight is 251 g/mol. The fourth-order valence-electron chi connectivity index (χ4n) is 1.94. The molecule has 0 aromatic heterocycles. The summed E-state index contributed by atoms with van der Waals surface area (Å²) < 4.78 is 13.4. The van der Waals surface area contributed by atoms with E-state index in [4.69, 9.17) is 5.11 Å². The fourth-order valence-corrected chi connectivity index (χ4v) is 1.94. The number of carbonyl (C=O) groups excluding carboxylic acids is 2. The van der Waals surface area contributed by atoms with Crippen molar-refractivity contribution in [2.75, 3.05) is 0 Å². The molecule has 2 rings (SSSR count). The Morgan fingerprint density at radius 2 is 2.00 bits per heavy atom. The summed E-state index contributed by atoms with van der Waals surface area (Å²) in [5.74, 6) is -3.52. The number of halogens is 1. The molecule has 1 aromatic rings. The van der Waals surface area contributed by atoms with E-state index in [1.165, 1.54) is 18.2 Å². The second kappa shape index (κ2) is 4.56. The Bertz CT molecular complexity index is 529. The van der Waals surface area contributed by atoms with Gasteiger partial charge in [0.15, 0.2) is 0 Å². The van der Waals surface area contributed by atoms with Crippen LogP contribution >= 0.6 is 0 Å². The molecular formula is C12H10FNO4. The van der Waals surface area contributed by atoms with Crippen molar-refractivity contribution in [1.29, 1.82) is 0 Å². The van der Waals surface area contributed by atoms with Crippen molar-refractivity contribution in [2.45, 2.75) is 18.9 Å². The molecule has 1 aromatic carbocycles. The van der Waals surface area contributed by atoms with Crippen LogP contribution in [0.5, 0.6) is 0 Å². The molecule has 1 saturated heterocycles. The van der Waals surface area contributed by atoms with E-state index in [0.717, 1.165) is 6.07 Å². The predicted molar refractivity (Wildman–Crippen MR) is 58.2 cm³/mol. The summed E-state index contributed by atoms with van der Waals surface area (Å²) in [4.78, 5) is 35.1. The van der Waals surface area contributed by atoms with Gasteiger partial charge in [-0.15, -0.1) is 0 Å². The van der Waals surface area contributed by atoms with Crippen LogP contribution in [0.2, 0.25) is 0 Å². The third-order valence-corrected chi connectivity index (χ3v) is 2.82. The molecule has 6 heteroatoms. The molecule has 0 saturated carbocycles. The van der Waals surface area contributed by atoms with Gasteiger partial charge in [0, 0.05) is 6.42 Å². The molecule has 2 amide bonds. The number of amides is 2. The third kappa shape index (κ3) is 1.97. The first kappa shape index (κ1) is 12.2. The van der Waals surface area contributed by atoms with Crippen molar-refractivity contribution >= 4 is 17.8 Å². The first-order valence-electron chi connectivity index (χ1n) is 5.36. The molecule has 1 atom stereocenters. The zero-order chi connectivity index (χ0) is 13.3. The Morgan fingerprint density at radius 3 is 2.61 bits per heavy atom. The lowest BCUT2D eigenvalue weighted by atomic mass is 10.1. The van der Waals surface area contributed by atoms with E-state index in [1.807, 2.05) is 0 Å². The molecule has 0 aliphatic carbocycles. The monoisotopic (exact) mass is 251 g/mol. The Kier molecular flexibility index (Phi) is 3.10. The lowest BCUT2D eigenvalue weighted by molar-refractivity contribution is -0.144. The summed E-state index contributed by atoms with van der Waals surface area (Å²) in [7, 11) is 0. The van der Waals surface area contributed by atoms with Gasteiger partial charge < -0.3 is 5.11 Å². The van der Waals surface area contributed by atoms with Crippen LogP contribution in [0.15, 0.2) is 24.3 Å². The van der Waals surface area contributed by atoms with Crippen molar-refractivity contribution in [2.24, 2.45) is 0 Å². The van der Waals surface area contributed by atoms with Crippen LogP contribution in [0.3, 0.4) is 0 Å². The van der Waals surface area contributed by atoms with Gasteiger partial charge in [0.05, 0.1) is 5.56 Å². The van der Waals surface area contributed by atoms with Crippen LogP contribution in [0.4, 0.5) is 4.39 Å². The number of imide groups is 1. The normalized spacial score (nSPS) is 19.1. The summed E-state index contributed by atoms with van der Waals surface area (Å²) in [6, 6.07) is 3.97. The average Bonchev–Trinajstić information content (AvgIpc) is 2.71. The largest absolute Gasteiger partial charge is 0.480 e. The minimum absolute atomic E-state index is 0.0167. The summed E-state index contributed by atoms with van der Waals surface area (Å²) >= 11 is 0. The highest BCUT2D eigenvalue weighted by molar-refractivity contribution is 6.08. The highest BCUT2D eigenvalue weighted by Gasteiger charge is 2.41. The van der Waals surface area contributed by atoms with Crippen molar-refractivity contribution < 1.29 is 23.9 Å². The minimum Gasteiger partial charge on any atom is -0.480 e. The van der Waals surface area contributed by atoms with Crippen molar-refractivity contribution in [3.8, 4) is 0 Å². The molecule has 1 aliphatic heterocycles. The molecule has 0 bridgehead atoms. The number of carbonyl (C=O) groups is 3. The van der Waals surface area contributed by atoms with Crippen LogP contribution in [0.25, 0.3) is 0 Å². The van der Waals surface area contributed by atoms with Gasteiger partial charge >= 0.3 is 5.97 Å². The van der Waals surface area contributed by atoms with Gasteiger partial charge in [0.2, 0.25) is 5.91 Å². The maximum atomic E-state index is 13.4. The Labute approximate surface area is 102 Å². The van der Waals surface area contributed by atoms with Crippen molar-refractivity contribution in [1.82, 2.24) is 4.90 Å². The van der Waals surface area contributed by atoms with E-state index in [1.54, 1.807) is 0 Å². The first-order valence-corrected chi connectivity index (χ1v) is 5.36. The fraction of sp³-hybridized carbons (Fsp3) is 0.250. The van der Waals surface area contributed by atoms with Gasteiger partial charge in [-0.25, -0.2) is 9.18 Å². The highest BCUT2D eigenvalue weighted by atomic mass is 19.1. The highest BCUT2D eigenvalue weighted by Crippen LogP contribution is 2.22. The summed E-state index contributed by atoms with van der Waals surface area (Å²) in [5.41, 5.74) is -0.293. The van der Waals surface area contributed by atoms with E-state index in [-0.39, 0.29) is 18.4 Å². The Balaban J connectivity index is 2.36. The number of hydrogen-bond donors (Lipinski definition) is 1. The molecule has 1 fully saturated rings. The second-order valence-corrected chi connectivity index (χ2v) is 3.94. The zero-order valence-electron chi connectivity index (χ0n) is 9.30. The van der Waals surface area contributed by atoms with Crippen LogP contribution < -0.4 is 0 Å². The number of likely N-dealkylation sites (tertiary alicyclic amines) is 1. The standard InChI is InChI=1S/C12H10FNO4/c13-8-4-2-1-3-7(8)11(16)14-9(12(17)18)5-6-10(14)15/h1-4,9H,5-6H2,(H,17,18). The maximum Gasteiger partial charge on any atom is 0.326 e. The number of benzene rings is 1. The predicted octanol–water partition coefficient (Wildman–Crippen LogP) is 1.04. The molecule has 0 radical (unpaired) electrons. The second-order valence-electron chi connectivity index (χ2n) is 3.94. The molecule has 1 aliphatic rings. The van der Waals surface area contributed by atoms with E-state index in [9.17, 15) is 18.8 Å². The van der Waals surface area contributed by atoms with Crippen molar-refractivity contribution in [3.63, 3.8) is 0 Å². The van der Waals surface area contributed by atoms with Gasteiger partial charge in [-0.3, -0.25) is 14.5 Å². The molecule has 94 valence electrons.